The summed E-state index contributed by atoms with van der Waals surface area (Å²) in [7, 11) is -3.52. The number of amides is 1. The van der Waals surface area contributed by atoms with Crippen molar-refractivity contribution in [2.24, 2.45) is 0 Å². The molecule has 0 radical (unpaired) electrons. The van der Waals surface area contributed by atoms with Gasteiger partial charge in [0.15, 0.2) is 9.84 Å². The maximum absolute atomic E-state index is 11.8. The number of carboxylic acids is 1. The van der Waals surface area contributed by atoms with E-state index in [4.69, 9.17) is 5.11 Å². The maximum Gasteiger partial charge on any atom is 0.338 e. The number of hydrogen-bond donors (Lipinski definition) is 2. The zero-order valence-corrected chi connectivity index (χ0v) is 11.6. The van der Waals surface area contributed by atoms with Crippen LogP contribution in [-0.4, -0.2) is 36.9 Å². The number of aromatic carboxylic acids is 1. The molecule has 0 fully saturated rings. The summed E-state index contributed by atoms with van der Waals surface area (Å²) in [6, 6.07) is 4.60. The molecular formula is C12H15NO5S. The van der Waals surface area contributed by atoms with E-state index in [0.29, 0.717) is 5.56 Å². The van der Waals surface area contributed by atoms with E-state index in [1.165, 1.54) is 13.0 Å². The van der Waals surface area contributed by atoms with Crippen LogP contribution in [-0.2, 0) is 14.6 Å². The monoisotopic (exact) mass is 285 g/mol. The second-order valence-corrected chi connectivity index (χ2v) is 6.63. The highest BCUT2D eigenvalue weighted by Crippen LogP contribution is 2.20. The first-order valence-corrected chi connectivity index (χ1v) is 7.42. The molecule has 6 nitrogen and oxygen atoms in total. The highest BCUT2D eigenvalue weighted by molar-refractivity contribution is 7.92. The predicted octanol–water partition coefficient (Wildman–Crippen LogP) is 1.06. The van der Waals surface area contributed by atoms with Gasteiger partial charge < -0.3 is 10.4 Å². The molecule has 1 aromatic rings. The number of benzene rings is 1. The molecule has 0 saturated heterocycles. The van der Waals surface area contributed by atoms with Crippen molar-refractivity contribution in [2.75, 3.05) is 11.6 Å². The zero-order valence-electron chi connectivity index (χ0n) is 10.8. The van der Waals surface area contributed by atoms with Crippen LogP contribution in [0.15, 0.2) is 18.2 Å². The Bertz CT molecular complexity index is 621. The van der Waals surface area contributed by atoms with E-state index in [-0.39, 0.29) is 11.3 Å². The van der Waals surface area contributed by atoms with E-state index >= 15 is 0 Å². The summed E-state index contributed by atoms with van der Waals surface area (Å²) in [5.41, 5.74) is 0.529. The lowest BCUT2D eigenvalue weighted by atomic mass is 10.1. The third kappa shape index (κ3) is 3.54. The number of carbonyl (C=O) groups is 2. The minimum atomic E-state index is -3.52. The van der Waals surface area contributed by atoms with Crippen LogP contribution in [0.25, 0.3) is 0 Å². The molecule has 0 spiro atoms. The van der Waals surface area contributed by atoms with Crippen molar-refractivity contribution in [3.63, 3.8) is 0 Å². The SMILES string of the molecule is Cc1cccc(NC(=O)C(C)S(C)(=O)=O)c1C(=O)O. The van der Waals surface area contributed by atoms with Gasteiger partial charge in [-0.2, -0.15) is 0 Å². The highest BCUT2D eigenvalue weighted by Gasteiger charge is 2.25. The van der Waals surface area contributed by atoms with Crippen molar-refractivity contribution in [2.45, 2.75) is 19.1 Å². The van der Waals surface area contributed by atoms with Crippen molar-refractivity contribution >= 4 is 27.4 Å². The van der Waals surface area contributed by atoms with Gasteiger partial charge in [0, 0.05) is 6.26 Å². The van der Waals surface area contributed by atoms with Gasteiger partial charge in [-0.1, -0.05) is 12.1 Å². The average Bonchev–Trinajstić information content (AvgIpc) is 2.26. The van der Waals surface area contributed by atoms with E-state index < -0.39 is 27.0 Å². The Morgan fingerprint density at radius 3 is 2.37 bits per heavy atom. The van der Waals surface area contributed by atoms with Gasteiger partial charge in [-0.05, 0) is 25.5 Å². The van der Waals surface area contributed by atoms with Crippen LogP contribution >= 0.6 is 0 Å². The number of rotatable bonds is 4. The summed E-state index contributed by atoms with van der Waals surface area (Å²) in [6.45, 7) is 2.85. The van der Waals surface area contributed by atoms with E-state index in [9.17, 15) is 18.0 Å². The summed E-state index contributed by atoms with van der Waals surface area (Å²) < 4.78 is 22.5. The fourth-order valence-electron chi connectivity index (χ4n) is 1.48. The smallest absolute Gasteiger partial charge is 0.338 e. The first-order valence-electron chi connectivity index (χ1n) is 5.47. The second kappa shape index (κ2) is 5.40. The molecule has 2 N–H and O–H groups in total. The molecule has 0 heterocycles. The van der Waals surface area contributed by atoms with Gasteiger partial charge >= 0.3 is 5.97 Å². The normalized spacial score (nSPS) is 12.8. The van der Waals surface area contributed by atoms with Crippen molar-refractivity contribution < 1.29 is 23.1 Å². The maximum atomic E-state index is 11.8. The predicted molar refractivity (Wildman–Crippen MR) is 71.1 cm³/mol. The van der Waals surface area contributed by atoms with E-state index in [1.54, 1.807) is 19.1 Å². The molecule has 1 atom stereocenters. The standard InChI is InChI=1S/C12H15NO5S/c1-7-5-4-6-9(10(7)12(15)16)13-11(14)8(2)19(3,17)18/h4-6,8H,1-3H3,(H,13,14)(H,15,16). The van der Waals surface area contributed by atoms with Crippen LogP contribution in [0.2, 0.25) is 0 Å². The number of aryl methyl sites for hydroxylation is 1. The van der Waals surface area contributed by atoms with Crippen LogP contribution < -0.4 is 5.32 Å². The van der Waals surface area contributed by atoms with Gasteiger partial charge in [0.25, 0.3) is 0 Å². The molecular weight excluding hydrogens is 270 g/mol. The topological polar surface area (TPSA) is 101 Å². The average molecular weight is 285 g/mol. The molecule has 104 valence electrons. The summed E-state index contributed by atoms with van der Waals surface area (Å²) in [5.74, 6) is -1.93. The lowest BCUT2D eigenvalue weighted by Gasteiger charge is -2.13. The molecule has 0 aromatic heterocycles. The number of anilines is 1. The summed E-state index contributed by atoms with van der Waals surface area (Å²) >= 11 is 0. The number of carboxylic acid groups (broad SMARTS) is 1. The molecule has 1 amide bonds. The molecule has 0 aliphatic heterocycles. The van der Waals surface area contributed by atoms with Crippen LogP contribution in [0.5, 0.6) is 0 Å². The lowest BCUT2D eigenvalue weighted by Crippen LogP contribution is -2.32. The quantitative estimate of drug-likeness (QED) is 0.861. The minimum absolute atomic E-state index is 0.0449. The first kappa shape index (κ1) is 15.2. The van der Waals surface area contributed by atoms with Gasteiger partial charge in [-0.25, -0.2) is 13.2 Å². The van der Waals surface area contributed by atoms with Gasteiger partial charge in [-0.3, -0.25) is 4.79 Å². The molecule has 0 aliphatic carbocycles. The number of nitrogens with one attached hydrogen (secondary N) is 1. The van der Waals surface area contributed by atoms with Crippen molar-refractivity contribution in [3.8, 4) is 0 Å². The van der Waals surface area contributed by atoms with E-state index in [2.05, 4.69) is 5.32 Å². The van der Waals surface area contributed by atoms with Crippen LogP contribution in [0.3, 0.4) is 0 Å². The van der Waals surface area contributed by atoms with Crippen LogP contribution in [0, 0.1) is 6.92 Å². The Morgan fingerprint density at radius 2 is 1.89 bits per heavy atom. The Kier molecular flexibility index (Phi) is 4.31. The van der Waals surface area contributed by atoms with Gasteiger partial charge in [0.1, 0.15) is 5.25 Å². The van der Waals surface area contributed by atoms with Gasteiger partial charge in [0.05, 0.1) is 11.3 Å². The third-order valence-electron chi connectivity index (χ3n) is 2.76. The first-order chi connectivity index (χ1) is 8.64. The summed E-state index contributed by atoms with van der Waals surface area (Å²) in [6.07, 6.45) is 0.950. The molecule has 19 heavy (non-hydrogen) atoms. The Morgan fingerprint density at radius 1 is 1.32 bits per heavy atom. The summed E-state index contributed by atoms with van der Waals surface area (Å²) in [4.78, 5) is 22.9. The molecule has 0 aliphatic rings. The minimum Gasteiger partial charge on any atom is -0.478 e. The molecule has 1 unspecified atom stereocenters. The van der Waals surface area contributed by atoms with Gasteiger partial charge in [0.2, 0.25) is 5.91 Å². The van der Waals surface area contributed by atoms with Gasteiger partial charge in [-0.15, -0.1) is 0 Å². The van der Waals surface area contributed by atoms with Crippen molar-refractivity contribution in [1.29, 1.82) is 0 Å². The molecule has 1 aromatic carbocycles. The van der Waals surface area contributed by atoms with Crippen LogP contribution in [0.1, 0.15) is 22.8 Å². The van der Waals surface area contributed by atoms with E-state index in [1.807, 2.05) is 0 Å². The lowest BCUT2D eigenvalue weighted by molar-refractivity contribution is -0.115. The molecule has 0 saturated carbocycles. The largest absolute Gasteiger partial charge is 0.478 e. The second-order valence-electron chi connectivity index (χ2n) is 4.26. The third-order valence-corrected chi connectivity index (χ3v) is 4.25. The Hall–Kier alpha value is -1.89. The highest BCUT2D eigenvalue weighted by atomic mass is 32.2. The molecule has 1 rings (SSSR count). The van der Waals surface area contributed by atoms with Crippen molar-refractivity contribution in [3.05, 3.63) is 29.3 Å². The summed E-state index contributed by atoms with van der Waals surface area (Å²) in [5, 5.41) is 10.2. The number of sulfone groups is 1. The fraction of sp³-hybridized carbons (Fsp3) is 0.333. The molecule has 7 heteroatoms. The molecule has 0 bridgehead atoms. The Balaban J connectivity index is 3.11. The Labute approximate surface area is 111 Å². The fourth-order valence-corrected chi connectivity index (χ4v) is 1.93. The number of hydrogen-bond acceptors (Lipinski definition) is 4. The van der Waals surface area contributed by atoms with Crippen molar-refractivity contribution in [1.82, 2.24) is 0 Å². The number of carbonyl (C=O) groups excluding carboxylic acids is 1. The zero-order chi connectivity index (χ0) is 14.8. The van der Waals surface area contributed by atoms with Crippen LogP contribution in [0.4, 0.5) is 5.69 Å². The van der Waals surface area contributed by atoms with E-state index in [0.717, 1.165) is 6.26 Å².